The van der Waals surface area contributed by atoms with Crippen LogP contribution in [0.15, 0.2) is 22.8 Å². The molecule has 3 rings (SSSR count). The van der Waals surface area contributed by atoms with Gasteiger partial charge in [0, 0.05) is 32.7 Å². The highest BCUT2D eigenvalue weighted by Crippen LogP contribution is 2.22. The van der Waals surface area contributed by atoms with Crippen LogP contribution in [0.1, 0.15) is 25.5 Å². The minimum absolute atomic E-state index is 0.00181. The molecule has 2 aliphatic heterocycles. The molecule has 2 fully saturated rings. The van der Waals surface area contributed by atoms with Crippen molar-refractivity contribution >= 4 is 15.9 Å². The van der Waals surface area contributed by atoms with Crippen molar-refractivity contribution in [2.24, 2.45) is 5.92 Å². The Hall–Kier alpha value is -1.38. The number of nitrogens with zero attached hydrogens (tertiary/aromatic N) is 3. The number of furan rings is 1. The molecule has 0 spiro atoms. The first-order valence-corrected chi connectivity index (χ1v) is 10.6. The molecule has 1 aromatic heterocycles. The minimum atomic E-state index is -3.16. The quantitative estimate of drug-likeness (QED) is 0.774. The Morgan fingerprint density at radius 2 is 2.00 bits per heavy atom. The Balaban J connectivity index is 1.53. The van der Waals surface area contributed by atoms with Gasteiger partial charge < -0.3 is 9.32 Å². The molecule has 140 valence electrons. The molecule has 0 saturated carbocycles. The van der Waals surface area contributed by atoms with Gasteiger partial charge in [0.1, 0.15) is 5.76 Å². The maximum absolute atomic E-state index is 12.8. The molecule has 2 aliphatic rings. The summed E-state index contributed by atoms with van der Waals surface area (Å²) in [5.41, 5.74) is 0. The number of piperidine rings is 1. The summed E-state index contributed by atoms with van der Waals surface area (Å²) in [4.78, 5) is 16.9. The lowest BCUT2D eigenvalue weighted by atomic mass is 9.96. The van der Waals surface area contributed by atoms with E-state index in [-0.39, 0.29) is 17.6 Å². The second-order valence-electron chi connectivity index (χ2n) is 6.78. The van der Waals surface area contributed by atoms with Gasteiger partial charge in [0.15, 0.2) is 0 Å². The SMILES string of the molecule is CCS(=O)(=O)N1CCN(C(=O)[C@H]2CCCN(Cc3ccco3)C2)CC1. The molecule has 0 unspecified atom stereocenters. The van der Waals surface area contributed by atoms with Crippen LogP contribution in [0, 0.1) is 5.92 Å². The van der Waals surface area contributed by atoms with Crippen molar-refractivity contribution in [1.29, 1.82) is 0 Å². The molecule has 1 atom stereocenters. The summed E-state index contributed by atoms with van der Waals surface area (Å²) in [6, 6.07) is 3.84. The van der Waals surface area contributed by atoms with E-state index in [9.17, 15) is 13.2 Å². The average Bonchev–Trinajstić information content (AvgIpc) is 3.14. The van der Waals surface area contributed by atoms with E-state index in [1.807, 2.05) is 17.0 Å². The summed E-state index contributed by atoms with van der Waals surface area (Å²) in [6.45, 7) is 5.91. The highest BCUT2D eigenvalue weighted by molar-refractivity contribution is 7.89. The average molecular weight is 369 g/mol. The summed E-state index contributed by atoms with van der Waals surface area (Å²) in [6.07, 6.45) is 3.58. The standard InChI is InChI=1S/C17H27N3O4S/c1-2-25(22,23)20-10-8-19(9-11-20)17(21)15-5-3-7-18(13-15)14-16-6-4-12-24-16/h4,6,12,15H,2-3,5,7-11,13-14H2,1H3/t15-/m0/s1. The largest absolute Gasteiger partial charge is 0.468 e. The molecule has 8 heteroatoms. The van der Waals surface area contributed by atoms with Crippen molar-refractivity contribution in [3.8, 4) is 0 Å². The van der Waals surface area contributed by atoms with E-state index in [0.29, 0.717) is 26.2 Å². The Labute approximate surface area is 149 Å². The first-order valence-electron chi connectivity index (χ1n) is 9.01. The zero-order chi connectivity index (χ0) is 17.9. The fourth-order valence-electron chi connectivity index (χ4n) is 3.65. The molecule has 7 nitrogen and oxygen atoms in total. The van der Waals surface area contributed by atoms with E-state index in [2.05, 4.69) is 4.90 Å². The monoisotopic (exact) mass is 369 g/mol. The first kappa shape index (κ1) is 18.4. The Bertz CT molecular complexity index is 666. The van der Waals surface area contributed by atoms with Gasteiger partial charge in [-0.3, -0.25) is 9.69 Å². The molecule has 1 amide bonds. The van der Waals surface area contributed by atoms with E-state index in [4.69, 9.17) is 4.42 Å². The van der Waals surface area contributed by atoms with Gasteiger partial charge in [-0.25, -0.2) is 8.42 Å². The van der Waals surface area contributed by atoms with Crippen LogP contribution >= 0.6 is 0 Å². The molecular formula is C17H27N3O4S. The minimum Gasteiger partial charge on any atom is -0.468 e. The summed E-state index contributed by atoms with van der Waals surface area (Å²) < 4.78 is 30.8. The van der Waals surface area contributed by atoms with E-state index < -0.39 is 10.0 Å². The number of piperazine rings is 1. The van der Waals surface area contributed by atoms with Crippen LogP contribution < -0.4 is 0 Å². The fourth-order valence-corrected chi connectivity index (χ4v) is 4.74. The predicted octanol–water partition coefficient (Wildman–Crippen LogP) is 0.985. The van der Waals surface area contributed by atoms with E-state index in [1.165, 1.54) is 4.31 Å². The van der Waals surface area contributed by atoms with Crippen molar-refractivity contribution < 1.29 is 17.6 Å². The lowest BCUT2D eigenvalue weighted by Crippen LogP contribution is -2.53. The zero-order valence-corrected chi connectivity index (χ0v) is 15.6. The number of carbonyl (C=O) groups is 1. The van der Waals surface area contributed by atoms with E-state index in [1.54, 1.807) is 13.2 Å². The molecule has 0 bridgehead atoms. The molecule has 0 radical (unpaired) electrons. The second kappa shape index (κ2) is 7.88. The number of rotatable bonds is 5. The van der Waals surface area contributed by atoms with Crippen molar-refractivity contribution in [1.82, 2.24) is 14.1 Å². The number of hydrogen-bond donors (Lipinski definition) is 0. The third-order valence-electron chi connectivity index (χ3n) is 5.12. The topological polar surface area (TPSA) is 74.1 Å². The normalized spacial score (nSPS) is 23.7. The fraction of sp³-hybridized carbons (Fsp3) is 0.706. The number of amides is 1. The van der Waals surface area contributed by atoms with Crippen LogP contribution in [-0.4, -0.2) is 73.5 Å². The summed E-state index contributed by atoms with van der Waals surface area (Å²) in [5.74, 6) is 1.20. The van der Waals surface area contributed by atoms with Gasteiger partial charge in [0.2, 0.25) is 15.9 Å². The number of carbonyl (C=O) groups excluding carboxylic acids is 1. The first-order chi connectivity index (χ1) is 12.0. The van der Waals surface area contributed by atoms with Gasteiger partial charge in [-0.15, -0.1) is 0 Å². The Kier molecular flexibility index (Phi) is 5.81. The highest BCUT2D eigenvalue weighted by Gasteiger charge is 2.33. The number of likely N-dealkylation sites (tertiary alicyclic amines) is 1. The zero-order valence-electron chi connectivity index (χ0n) is 14.8. The molecule has 25 heavy (non-hydrogen) atoms. The highest BCUT2D eigenvalue weighted by atomic mass is 32.2. The second-order valence-corrected chi connectivity index (χ2v) is 9.04. The van der Waals surface area contributed by atoms with Crippen molar-refractivity contribution in [3.63, 3.8) is 0 Å². The van der Waals surface area contributed by atoms with Crippen LogP contribution in [0.25, 0.3) is 0 Å². The van der Waals surface area contributed by atoms with Crippen molar-refractivity contribution in [3.05, 3.63) is 24.2 Å². The molecule has 3 heterocycles. The van der Waals surface area contributed by atoms with Crippen LogP contribution in [0.3, 0.4) is 0 Å². The maximum atomic E-state index is 12.8. The third kappa shape index (κ3) is 4.43. The Morgan fingerprint density at radius 3 is 2.64 bits per heavy atom. The van der Waals surface area contributed by atoms with E-state index in [0.717, 1.165) is 38.2 Å². The van der Waals surface area contributed by atoms with Gasteiger partial charge in [0.05, 0.1) is 24.5 Å². The molecule has 0 N–H and O–H groups in total. The van der Waals surface area contributed by atoms with Gasteiger partial charge in [-0.2, -0.15) is 4.31 Å². The predicted molar refractivity (Wildman–Crippen MR) is 94.3 cm³/mol. The van der Waals surface area contributed by atoms with Crippen molar-refractivity contribution in [2.45, 2.75) is 26.3 Å². The molecule has 2 saturated heterocycles. The smallest absolute Gasteiger partial charge is 0.227 e. The summed E-state index contributed by atoms with van der Waals surface area (Å²) >= 11 is 0. The Morgan fingerprint density at radius 1 is 1.24 bits per heavy atom. The van der Waals surface area contributed by atoms with Crippen LogP contribution in [0.5, 0.6) is 0 Å². The van der Waals surface area contributed by atoms with Gasteiger partial charge in [-0.05, 0) is 38.4 Å². The van der Waals surface area contributed by atoms with Gasteiger partial charge in [-0.1, -0.05) is 0 Å². The molecular weight excluding hydrogens is 342 g/mol. The van der Waals surface area contributed by atoms with Crippen LogP contribution in [-0.2, 0) is 21.4 Å². The molecule has 1 aromatic rings. The maximum Gasteiger partial charge on any atom is 0.227 e. The number of hydrogen-bond acceptors (Lipinski definition) is 5. The third-order valence-corrected chi connectivity index (χ3v) is 7.00. The van der Waals surface area contributed by atoms with Crippen molar-refractivity contribution in [2.75, 3.05) is 45.0 Å². The van der Waals surface area contributed by atoms with Crippen LogP contribution in [0.2, 0.25) is 0 Å². The van der Waals surface area contributed by atoms with Crippen LogP contribution in [0.4, 0.5) is 0 Å². The lowest BCUT2D eigenvalue weighted by molar-refractivity contribution is -0.138. The lowest BCUT2D eigenvalue weighted by Gasteiger charge is -2.38. The summed E-state index contributed by atoms with van der Waals surface area (Å²) in [7, 11) is -3.16. The summed E-state index contributed by atoms with van der Waals surface area (Å²) in [5, 5.41) is 0. The van der Waals surface area contributed by atoms with E-state index >= 15 is 0 Å². The van der Waals surface area contributed by atoms with Gasteiger partial charge >= 0.3 is 0 Å². The molecule has 0 aliphatic carbocycles. The van der Waals surface area contributed by atoms with Gasteiger partial charge in [0.25, 0.3) is 0 Å². The number of sulfonamides is 1. The molecule has 0 aromatic carbocycles.